The van der Waals surface area contributed by atoms with Crippen molar-refractivity contribution in [2.75, 3.05) is 19.6 Å². The van der Waals surface area contributed by atoms with Gasteiger partial charge in [0, 0.05) is 12.0 Å². The van der Waals surface area contributed by atoms with E-state index in [9.17, 15) is 8.78 Å². The first-order valence-electron chi connectivity index (χ1n) is 7.13. The summed E-state index contributed by atoms with van der Waals surface area (Å²) in [6.07, 6.45) is 3.34. The Hall–Kier alpha value is -0.710. The largest absolute Gasteiger partial charge is 0.317 e. The van der Waals surface area contributed by atoms with Gasteiger partial charge < -0.3 is 10.6 Å². The highest BCUT2D eigenvalue weighted by Gasteiger charge is 2.40. The number of nitrogens with one attached hydrogen (secondary N) is 2. The first-order valence-corrected chi connectivity index (χ1v) is 7.13. The zero-order valence-corrected chi connectivity index (χ0v) is 12.2. The van der Waals surface area contributed by atoms with E-state index in [2.05, 4.69) is 10.6 Å². The van der Waals surface area contributed by atoms with Crippen LogP contribution in [0.4, 0.5) is 8.78 Å². The fraction of sp³-hybridized carbons (Fsp3) is 0.600. The second-order valence-corrected chi connectivity index (χ2v) is 5.72. The van der Waals surface area contributed by atoms with Crippen LogP contribution in [0.3, 0.4) is 0 Å². The molecule has 20 heavy (non-hydrogen) atoms. The van der Waals surface area contributed by atoms with Gasteiger partial charge in [-0.05, 0) is 68.6 Å². The van der Waals surface area contributed by atoms with E-state index in [0.717, 1.165) is 32.0 Å². The normalized spacial score (nSPS) is 26.1. The van der Waals surface area contributed by atoms with Crippen LogP contribution in [-0.4, -0.2) is 25.7 Å². The maximum atomic E-state index is 13.6. The van der Waals surface area contributed by atoms with Crippen molar-refractivity contribution >= 4 is 12.4 Å². The Labute approximate surface area is 124 Å². The Balaban J connectivity index is 0.00000147. The first kappa shape index (κ1) is 15.7. The fourth-order valence-electron chi connectivity index (χ4n) is 2.97. The van der Waals surface area contributed by atoms with Crippen LogP contribution in [0.15, 0.2) is 18.2 Å². The lowest BCUT2D eigenvalue weighted by molar-refractivity contribution is 0.355. The van der Waals surface area contributed by atoms with E-state index in [1.807, 2.05) is 0 Å². The molecule has 2 aliphatic rings. The lowest BCUT2D eigenvalue weighted by atomic mass is 9.98. The van der Waals surface area contributed by atoms with Crippen molar-refractivity contribution in [3.63, 3.8) is 0 Å². The maximum Gasteiger partial charge on any atom is 0.126 e. The SMILES string of the molecule is Cl.Fc1ccc(F)c([C@H]2C[C@@H]2NCC2CCNCC2)c1. The first-order chi connectivity index (χ1) is 9.24. The third kappa shape index (κ3) is 3.68. The van der Waals surface area contributed by atoms with E-state index < -0.39 is 0 Å². The quantitative estimate of drug-likeness (QED) is 0.894. The molecule has 1 aliphatic carbocycles. The molecule has 2 nitrogen and oxygen atoms in total. The van der Waals surface area contributed by atoms with Gasteiger partial charge in [-0.25, -0.2) is 8.78 Å². The smallest absolute Gasteiger partial charge is 0.126 e. The molecule has 5 heteroatoms. The zero-order chi connectivity index (χ0) is 13.2. The van der Waals surface area contributed by atoms with E-state index in [1.165, 1.54) is 31.0 Å². The summed E-state index contributed by atoms with van der Waals surface area (Å²) in [5.74, 6) is 0.246. The number of rotatable bonds is 4. The molecular weight excluding hydrogens is 282 g/mol. The van der Waals surface area contributed by atoms with Crippen LogP contribution >= 0.6 is 12.4 Å². The van der Waals surface area contributed by atoms with Crippen LogP contribution in [-0.2, 0) is 0 Å². The molecule has 0 bridgehead atoms. The average molecular weight is 303 g/mol. The van der Waals surface area contributed by atoms with Gasteiger partial charge in [-0.1, -0.05) is 0 Å². The van der Waals surface area contributed by atoms with Gasteiger partial charge in [0.2, 0.25) is 0 Å². The Morgan fingerprint density at radius 3 is 2.70 bits per heavy atom. The van der Waals surface area contributed by atoms with E-state index in [-0.39, 0.29) is 30.0 Å². The molecule has 3 rings (SSSR count). The monoisotopic (exact) mass is 302 g/mol. The van der Waals surface area contributed by atoms with Crippen LogP contribution in [0.5, 0.6) is 0 Å². The van der Waals surface area contributed by atoms with Gasteiger partial charge in [-0.3, -0.25) is 0 Å². The molecule has 2 fully saturated rings. The molecule has 2 atom stereocenters. The second kappa shape index (κ2) is 6.83. The Morgan fingerprint density at radius 2 is 1.95 bits per heavy atom. The van der Waals surface area contributed by atoms with Crippen LogP contribution in [0.2, 0.25) is 0 Å². The van der Waals surface area contributed by atoms with Gasteiger partial charge >= 0.3 is 0 Å². The number of halogens is 3. The standard InChI is InChI=1S/C15H20F2N2.ClH/c16-11-1-2-14(17)12(7-11)13-8-15(13)19-9-10-3-5-18-6-4-10;/h1-2,7,10,13,15,18-19H,3-6,8-9H2;1H/t13-,15+;/m1./s1. The van der Waals surface area contributed by atoms with E-state index in [0.29, 0.717) is 11.6 Å². The van der Waals surface area contributed by atoms with Crippen LogP contribution in [0, 0.1) is 17.6 Å². The molecule has 1 aromatic rings. The van der Waals surface area contributed by atoms with Gasteiger partial charge in [0.1, 0.15) is 11.6 Å². The van der Waals surface area contributed by atoms with Gasteiger partial charge in [-0.2, -0.15) is 0 Å². The fourth-order valence-corrected chi connectivity index (χ4v) is 2.97. The number of piperidine rings is 1. The summed E-state index contributed by atoms with van der Waals surface area (Å²) in [6, 6.07) is 4.07. The number of benzene rings is 1. The van der Waals surface area contributed by atoms with Gasteiger partial charge in [0.15, 0.2) is 0 Å². The van der Waals surface area contributed by atoms with Crippen LogP contribution in [0.25, 0.3) is 0 Å². The highest BCUT2D eigenvalue weighted by Crippen LogP contribution is 2.42. The van der Waals surface area contributed by atoms with Crippen molar-refractivity contribution in [1.82, 2.24) is 10.6 Å². The lowest BCUT2D eigenvalue weighted by Gasteiger charge is -2.22. The second-order valence-electron chi connectivity index (χ2n) is 5.72. The third-order valence-corrected chi connectivity index (χ3v) is 4.28. The van der Waals surface area contributed by atoms with Gasteiger partial charge in [0.05, 0.1) is 0 Å². The molecule has 112 valence electrons. The lowest BCUT2D eigenvalue weighted by Crippen LogP contribution is -2.34. The van der Waals surface area contributed by atoms with E-state index in [4.69, 9.17) is 0 Å². The van der Waals surface area contributed by atoms with E-state index in [1.54, 1.807) is 0 Å². The van der Waals surface area contributed by atoms with Crippen LogP contribution < -0.4 is 10.6 Å². The van der Waals surface area contributed by atoms with Crippen molar-refractivity contribution in [3.8, 4) is 0 Å². The minimum Gasteiger partial charge on any atom is -0.317 e. The van der Waals surface area contributed by atoms with Crippen molar-refractivity contribution < 1.29 is 8.78 Å². The molecule has 1 saturated heterocycles. The minimum atomic E-state index is -0.347. The Morgan fingerprint density at radius 1 is 1.20 bits per heavy atom. The molecule has 0 unspecified atom stereocenters. The van der Waals surface area contributed by atoms with Gasteiger partial charge in [-0.15, -0.1) is 12.4 Å². The zero-order valence-electron chi connectivity index (χ0n) is 11.4. The molecule has 1 heterocycles. The molecule has 1 aliphatic heterocycles. The van der Waals surface area contributed by atoms with Crippen molar-refractivity contribution in [2.24, 2.45) is 5.92 Å². The van der Waals surface area contributed by atoms with Crippen molar-refractivity contribution in [1.29, 1.82) is 0 Å². The molecule has 0 amide bonds. The molecule has 2 N–H and O–H groups in total. The van der Waals surface area contributed by atoms with Crippen molar-refractivity contribution in [3.05, 3.63) is 35.4 Å². The molecule has 0 aromatic heterocycles. The summed E-state index contributed by atoms with van der Waals surface area (Å²) in [7, 11) is 0. The van der Waals surface area contributed by atoms with E-state index >= 15 is 0 Å². The summed E-state index contributed by atoms with van der Waals surface area (Å²) in [5.41, 5.74) is 0.530. The summed E-state index contributed by atoms with van der Waals surface area (Å²) in [5, 5.41) is 6.85. The topological polar surface area (TPSA) is 24.1 Å². The summed E-state index contributed by atoms with van der Waals surface area (Å²) < 4.78 is 26.8. The van der Waals surface area contributed by atoms with Crippen LogP contribution in [0.1, 0.15) is 30.7 Å². The predicted octanol–water partition coefficient (Wildman–Crippen LogP) is 2.83. The molecule has 1 saturated carbocycles. The van der Waals surface area contributed by atoms with Gasteiger partial charge in [0.25, 0.3) is 0 Å². The Bertz CT molecular complexity index is 449. The molecule has 1 aromatic carbocycles. The number of hydrogen-bond acceptors (Lipinski definition) is 2. The number of hydrogen-bond donors (Lipinski definition) is 2. The molecular formula is C15H21ClF2N2. The summed E-state index contributed by atoms with van der Waals surface area (Å²) in [6.45, 7) is 3.19. The summed E-state index contributed by atoms with van der Waals surface area (Å²) >= 11 is 0. The maximum absolute atomic E-state index is 13.6. The molecule has 0 spiro atoms. The Kier molecular flexibility index (Phi) is 5.35. The highest BCUT2D eigenvalue weighted by atomic mass is 35.5. The third-order valence-electron chi connectivity index (χ3n) is 4.28. The minimum absolute atomic E-state index is 0. The summed E-state index contributed by atoms with van der Waals surface area (Å²) in [4.78, 5) is 0. The predicted molar refractivity (Wildman–Crippen MR) is 78.3 cm³/mol. The average Bonchev–Trinajstić information content (AvgIpc) is 3.20. The van der Waals surface area contributed by atoms with Crippen molar-refractivity contribution in [2.45, 2.75) is 31.2 Å². The highest BCUT2D eigenvalue weighted by molar-refractivity contribution is 5.85. The molecule has 0 radical (unpaired) electrons.